The van der Waals surface area contributed by atoms with E-state index in [4.69, 9.17) is 21.7 Å². The molecule has 0 saturated heterocycles. The lowest BCUT2D eigenvalue weighted by molar-refractivity contribution is 0.146. The van der Waals surface area contributed by atoms with Crippen LogP contribution in [0, 0.1) is 4.51 Å². The monoisotopic (exact) mass is 261 g/mol. The number of H-pyrrole nitrogens is 1. The van der Waals surface area contributed by atoms with E-state index in [0.717, 1.165) is 21.5 Å². The van der Waals surface area contributed by atoms with Crippen LogP contribution < -0.4 is 4.74 Å². The van der Waals surface area contributed by atoms with Gasteiger partial charge < -0.3 is 14.5 Å². The van der Waals surface area contributed by atoms with Crippen LogP contribution in [0.2, 0.25) is 0 Å². The fourth-order valence-corrected chi connectivity index (χ4v) is 1.84. The van der Waals surface area contributed by atoms with E-state index in [9.17, 15) is 0 Å². The number of rotatable bonds is 5. The Hall–Kier alpha value is -1.65. The summed E-state index contributed by atoms with van der Waals surface area (Å²) in [4.78, 5) is 3.18. The number of aromatic nitrogens is 1. The van der Waals surface area contributed by atoms with Gasteiger partial charge in [-0.05, 0) is 24.3 Å². The molecule has 0 spiro atoms. The number of benzene rings is 1. The normalized spacial score (nSPS) is 10.3. The van der Waals surface area contributed by atoms with Crippen LogP contribution in [0.25, 0.3) is 11.3 Å². The van der Waals surface area contributed by atoms with Crippen molar-refractivity contribution < 1.29 is 9.47 Å². The molecule has 0 radical (unpaired) electrons. The molecule has 1 heterocycles. The van der Waals surface area contributed by atoms with Crippen LogP contribution in [-0.2, 0) is 4.74 Å². The minimum atomic E-state index is 0.529. The van der Waals surface area contributed by atoms with E-state index in [1.165, 1.54) is 0 Å². The average molecular weight is 261 g/mol. The van der Waals surface area contributed by atoms with Gasteiger partial charge in [-0.1, -0.05) is 24.4 Å². The van der Waals surface area contributed by atoms with Crippen LogP contribution in [0.4, 0.5) is 0 Å². The zero-order valence-corrected chi connectivity index (χ0v) is 11.0. The maximum absolute atomic E-state index is 5.69. The molecule has 3 nitrogen and oxygen atoms in total. The smallest absolute Gasteiger partial charge is 0.128 e. The number of hydrogen-bond donors (Lipinski definition) is 1. The average Bonchev–Trinajstić information content (AvgIpc) is 2.40. The topological polar surface area (TPSA) is 34.2 Å². The minimum absolute atomic E-state index is 0.529. The molecule has 0 aliphatic rings. The van der Waals surface area contributed by atoms with Crippen molar-refractivity contribution in [1.29, 1.82) is 0 Å². The summed E-state index contributed by atoms with van der Waals surface area (Å²) in [6, 6.07) is 11.6. The van der Waals surface area contributed by atoms with Crippen LogP contribution in [-0.4, -0.2) is 25.3 Å². The summed E-state index contributed by atoms with van der Waals surface area (Å²) in [6.07, 6.45) is 1.84. The third-order valence-corrected chi connectivity index (χ3v) is 2.75. The third kappa shape index (κ3) is 3.18. The maximum atomic E-state index is 5.69. The summed E-state index contributed by atoms with van der Waals surface area (Å²) in [7, 11) is 1.66. The van der Waals surface area contributed by atoms with Crippen molar-refractivity contribution in [3.63, 3.8) is 0 Å². The van der Waals surface area contributed by atoms with Gasteiger partial charge in [0, 0.05) is 23.4 Å². The number of methoxy groups -OCH3 is 1. The second-order valence-corrected chi connectivity index (χ2v) is 4.25. The van der Waals surface area contributed by atoms with Crippen molar-refractivity contribution in [3.8, 4) is 17.0 Å². The second kappa shape index (κ2) is 6.33. The number of nitrogens with one attached hydrogen (secondary N) is 1. The molecule has 0 bridgehead atoms. The van der Waals surface area contributed by atoms with Crippen LogP contribution >= 0.6 is 12.2 Å². The molecule has 1 aromatic heterocycles. The molecule has 94 valence electrons. The largest absolute Gasteiger partial charge is 0.490 e. The van der Waals surface area contributed by atoms with Gasteiger partial charge in [-0.25, -0.2) is 0 Å². The van der Waals surface area contributed by atoms with Crippen LogP contribution in [0.3, 0.4) is 0 Å². The first kappa shape index (κ1) is 12.8. The van der Waals surface area contributed by atoms with Crippen LogP contribution in [0.1, 0.15) is 0 Å². The highest BCUT2D eigenvalue weighted by atomic mass is 32.1. The van der Waals surface area contributed by atoms with E-state index < -0.39 is 0 Å². The zero-order chi connectivity index (χ0) is 12.8. The zero-order valence-electron chi connectivity index (χ0n) is 10.2. The van der Waals surface area contributed by atoms with E-state index in [-0.39, 0.29) is 0 Å². The number of hydrogen-bond acceptors (Lipinski definition) is 3. The van der Waals surface area contributed by atoms with E-state index in [2.05, 4.69) is 4.98 Å². The summed E-state index contributed by atoms with van der Waals surface area (Å²) in [5, 5.41) is 0. The third-order valence-electron chi connectivity index (χ3n) is 2.50. The van der Waals surface area contributed by atoms with Gasteiger partial charge in [-0.2, -0.15) is 0 Å². The second-order valence-electron chi connectivity index (χ2n) is 3.78. The van der Waals surface area contributed by atoms with Crippen molar-refractivity contribution >= 4 is 12.2 Å². The van der Waals surface area contributed by atoms with Gasteiger partial charge in [0.1, 0.15) is 12.4 Å². The van der Waals surface area contributed by atoms with Gasteiger partial charge in [-0.15, -0.1) is 0 Å². The maximum Gasteiger partial charge on any atom is 0.128 e. The molecule has 1 N–H and O–H groups in total. The Morgan fingerprint density at radius 1 is 1.17 bits per heavy atom. The first-order valence-electron chi connectivity index (χ1n) is 5.71. The van der Waals surface area contributed by atoms with Crippen molar-refractivity contribution in [1.82, 2.24) is 4.98 Å². The van der Waals surface area contributed by atoms with Crippen LogP contribution in [0.5, 0.6) is 5.75 Å². The predicted molar refractivity (Wildman–Crippen MR) is 74.4 cm³/mol. The Morgan fingerprint density at radius 3 is 2.78 bits per heavy atom. The predicted octanol–water partition coefficient (Wildman–Crippen LogP) is 3.44. The van der Waals surface area contributed by atoms with Gasteiger partial charge >= 0.3 is 0 Å². The van der Waals surface area contributed by atoms with E-state index in [0.29, 0.717) is 13.2 Å². The Kier molecular flexibility index (Phi) is 4.50. The Labute approximate surface area is 111 Å². The molecule has 0 amide bonds. The Balaban J connectivity index is 2.29. The van der Waals surface area contributed by atoms with E-state index >= 15 is 0 Å². The molecule has 0 aliphatic heterocycles. The Bertz CT molecular complexity index is 565. The van der Waals surface area contributed by atoms with Crippen molar-refractivity contribution in [2.75, 3.05) is 20.3 Å². The molecule has 0 atom stereocenters. The fraction of sp³-hybridized carbons (Fsp3) is 0.214. The number of aromatic amines is 1. The molecular formula is C14H15NO2S. The summed E-state index contributed by atoms with van der Waals surface area (Å²) < 4.78 is 11.5. The fourth-order valence-electron chi connectivity index (χ4n) is 1.65. The first-order valence-corrected chi connectivity index (χ1v) is 6.12. The molecule has 18 heavy (non-hydrogen) atoms. The summed E-state index contributed by atoms with van der Waals surface area (Å²) >= 11 is 5.17. The standard InChI is InChI=1S/C14H15NO2S/c1-16-8-9-17-14-5-3-2-4-12(14)13-10-11(18)6-7-15-13/h2-7,10H,8-9H2,1H3,(H,15,18). The first-order chi connectivity index (χ1) is 8.81. The van der Waals surface area contributed by atoms with Gasteiger partial charge in [0.25, 0.3) is 0 Å². The van der Waals surface area contributed by atoms with Gasteiger partial charge in [0.05, 0.1) is 12.3 Å². The van der Waals surface area contributed by atoms with Crippen LogP contribution in [0.15, 0.2) is 42.6 Å². The van der Waals surface area contributed by atoms with Crippen molar-refractivity contribution in [2.45, 2.75) is 0 Å². The molecule has 2 rings (SSSR count). The lowest BCUT2D eigenvalue weighted by atomic mass is 10.1. The highest BCUT2D eigenvalue weighted by Crippen LogP contribution is 2.28. The molecule has 0 aliphatic carbocycles. The van der Waals surface area contributed by atoms with Crippen molar-refractivity contribution in [3.05, 3.63) is 47.1 Å². The summed E-state index contributed by atoms with van der Waals surface area (Å²) in [6.45, 7) is 1.10. The lowest BCUT2D eigenvalue weighted by Gasteiger charge is -2.11. The van der Waals surface area contributed by atoms with E-state index in [1.807, 2.05) is 42.6 Å². The van der Waals surface area contributed by atoms with E-state index in [1.54, 1.807) is 7.11 Å². The minimum Gasteiger partial charge on any atom is -0.490 e. The number of ether oxygens (including phenoxy) is 2. The quantitative estimate of drug-likeness (QED) is 0.661. The molecule has 4 heteroatoms. The number of pyridine rings is 1. The summed E-state index contributed by atoms with van der Waals surface area (Å²) in [5.74, 6) is 0.825. The molecular weight excluding hydrogens is 246 g/mol. The molecule has 0 saturated carbocycles. The molecule has 1 aromatic carbocycles. The van der Waals surface area contributed by atoms with Crippen molar-refractivity contribution in [2.24, 2.45) is 0 Å². The Morgan fingerprint density at radius 2 is 2.00 bits per heavy atom. The van der Waals surface area contributed by atoms with Gasteiger partial charge in [0.2, 0.25) is 0 Å². The SMILES string of the molecule is COCCOc1ccccc1-c1cc(=S)cc[nH]1. The molecule has 0 unspecified atom stereocenters. The lowest BCUT2D eigenvalue weighted by Crippen LogP contribution is -2.05. The van der Waals surface area contributed by atoms with Gasteiger partial charge in [-0.3, -0.25) is 0 Å². The summed E-state index contributed by atoms with van der Waals surface area (Å²) in [5.41, 5.74) is 1.95. The highest BCUT2D eigenvalue weighted by Gasteiger charge is 2.05. The van der Waals surface area contributed by atoms with Gasteiger partial charge in [0.15, 0.2) is 0 Å². The molecule has 2 aromatic rings. The molecule has 0 fully saturated rings. The number of para-hydroxylation sites is 1. The highest BCUT2D eigenvalue weighted by molar-refractivity contribution is 7.71.